The molecule has 0 atom stereocenters. The monoisotopic (exact) mass is 485 g/mol. The first kappa shape index (κ1) is 33.3. The Balaban J connectivity index is 0. The van der Waals surface area contributed by atoms with Crippen LogP contribution in [0.2, 0.25) is 0 Å². The molecule has 0 aliphatic heterocycles. The molecule has 0 heterocycles. The Kier molecular flexibility index (Phi) is 18.1. The molecule has 1 N–H and O–H groups in total. The molecule has 0 aromatic heterocycles. The molecule has 188 valence electrons. The molecule has 0 unspecified atom stereocenters. The predicted octanol–water partition coefficient (Wildman–Crippen LogP) is 8.44. The van der Waals surface area contributed by atoms with E-state index in [0.717, 1.165) is 11.1 Å². The summed E-state index contributed by atoms with van der Waals surface area (Å²) in [6, 6.07) is 20.5. The van der Waals surface area contributed by atoms with Gasteiger partial charge in [-0.3, -0.25) is 9.52 Å². The molecule has 3 aromatic carbocycles. The van der Waals surface area contributed by atoms with Crippen LogP contribution in [0.25, 0.3) is 0 Å². The van der Waals surface area contributed by atoms with E-state index in [1.54, 1.807) is 66.7 Å². The third kappa shape index (κ3) is 10.3. The minimum Gasteiger partial charge on any atom is -0.289 e. The minimum absolute atomic E-state index is 0.154. The van der Waals surface area contributed by atoms with Crippen LogP contribution in [0.5, 0.6) is 0 Å². The van der Waals surface area contributed by atoms with Gasteiger partial charge in [0.1, 0.15) is 0 Å². The summed E-state index contributed by atoms with van der Waals surface area (Å²) in [6.07, 6.45) is 0. The average Bonchev–Trinajstić information content (AvgIpc) is 2.90. The number of carbonyl (C=O) groups excluding carboxylic acids is 1. The van der Waals surface area contributed by atoms with E-state index in [0.29, 0.717) is 11.1 Å². The maximum absolute atomic E-state index is 12.9. The molecule has 0 saturated heterocycles. The molecule has 3 rings (SSSR count). The molecule has 3 aromatic rings. The summed E-state index contributed by atoms with van der Waals surface area (Å²) in [5.41, 5.74) is 2.95. The highest BCUT2D eigenvalue weighted by Crippen LogP contribution is 2.24. The van der Waals surface area contributed by atoms with Gasteiger partial charge in [0, 0.05) is 11.1 Å². The van der Waals surface area contributed by atoms with Crippen LogP contribution in [0, 0.1) is 13.8 Å². The second kappa shape index (κ2) is 18.5. The second-order valence-electron chi connectivity index (χ2n) is 6.16. The zero-order chi connectivity index (χ0) is 26.7. The number of nitrogens with one attached hydrogen (secondary N) is 1. The third-order valence-corrected chi connectivity index (χ3v) is 5.41. The molecule has 4 nitrogen and oxygen atoms in total. The number of sulfonamides is 1. The maximum Gasteiger partial charge on any atom is 0.261 e. The van der Waals surface area contributed by atoms with Gasteiger partial charge in [-0.1, -0.05) is 115 Å². The van der Waals surface area contributed by atoms with Gasteiger partial charge in [0.15, 0.2) is 5.78 Å². The third-order valence-electron chi connectivity index (χ3n) is 4.03. The van der Waals surface area contributed by atoms with Gasteiger partial charge in [-0.25, -0.2) is 8.42 Å². The average molecular weight is 486 g/mol. The lowest BCUT2D eigenvalue weighted by atomic mass is 10.00. The van der Waals surface area contributed by atoms with E-state index < -0.39 is 10.0 Å². The molecule has 0 saturated carbocycles. The summed E-state index contributed by atoms with van der Waals surface area (Å²) in [4.78, 5) is 13.0. The lowest BCUT2D eigenvalue weighted by Gasteiger charge is -2.13. The Labute approximate surface area is 208 Å². The van der Waals surface area contributed by atoms with Gasteiger partial charge in [0.05, 0.1) is 10.6 Å². The van der Waals surface area contributed by atoms with Crippen molar-refractivity contribution in [2.75, 3.05) is 4.72 Å². The number of hydrogen-bond acceptors (Lipinski definition) is 3. The van der Waals surface area contributed by atoms with Crippen LogP contribution >= 0.6 is 0 Å². The molecule has 0 aliphatic rings. The normalized spacial score (nSPS) is 9.24. The quantitative estimate of drug-likeness (QED) is 0.369. The van der Waals surface area contributed by atoms with Crippen molar-refractivity contribution in [3.63, 3.8) is 0 Å². The molecular formula is C29H43NO3S. The summed E-state index contributed by atoms with van der Waals surface area (Å²) in [6.45, 7) is 19.8. The first-order chi connectivity index (χ1) is 16.4. The van der Waals surface area contributed by atoms with Gasteiger partial charge in [0.2, 0.25) is 0 Å². The van der Waals surface area contributed by atoms with Crippen LogP contribution in [-0.4, -0.2) is 14.2 Å². The fraction of sp³-hybridized carbons (Fsp3) is 0.345. The Hall–Kier alpha value is -2.92. The number of carbonyl (C=O) groups is 1. The lowest BCUT2D eigenvalue weighted by molar-refractivity contribution is 0.103. The molecule has 0 aliphatic carbocycles. The minimum atomic E-state index is -3.78. The van der Waals surface area contributed by atoms with E-state index in [4.69, 9.17) is 0 Å². The Morgan fingerprint density at radius 2 is 1.12 bits per heavy atom. The highest BCUT2D eigenvalue weighted by atomic mass is 32.2. The van der Waals surface area contributed by atoms with Crippen LogP contribution in [0.15, 0.2) is 77.7 Å². The number of benzene rings is 3. The number of rotatable bonds is 5. The molecule has 0 radical (unpaired) electrons. The number of aryl methyl sites for hydroxylation is 2. The van der Waals surface area contributed by atoms with Crippen molar-refractivity contribution in [2.45, 2.75) is 74.1 Å². The van der Waals surface area contributed by atoms with Crippen molar-refractivity contribution >= 4 is 21.5 Å². The first-order valence-corrected chi connectivity index (χ1v) is 13.6. The summed E-state index contributed by atoms with van der Waals surface area (Å²) in [5.74, 6) is -0.226. The van der Waals surface area contributed by atoms with Crippen LogP contribution in [0.3, 0.4) is 0 Å². The Morgan fingerprint density at radius 3 is 1.62 bits per heavy atom. The summed E-state index contributed by atoms with van der Waals surface area (Å²) < 4.78 is 27.9. The van der Waals surface area contributed by atoms with Crippen molar-refractivity contribution in [1.82, 2.24) is 0 Å². The van der Waals surface area contributed by atoms with Crippen molar-refractivity contribution in [2.24, 2.45) is 0 Å². The van der Waals surface area contributed by atoms with Crippen LogP contribution in [0.4, 0.5) is 5.69 Å². The van der Waals surface area contributed by atoms with E-state index in [-0.39, 0.29) is 16.4 Å². The number of ketones is 1. The highest BCUT2D eigenvalue weighted by molar-refractivity contribution is 7.92. The molecule has 5 heteroatoms. The first-order valence-electron chi connectivity index (χ1n) is 12.2. The smallest absolute Gasteiger partial charge is 0.261 e. The molecule has 0 amide bonds. The fourth-order valence-corrected chi connectivity index (χ4v) is 3.68. The Morgan fingerprint density at radius 1 is 0.647 bits per heavy atom. The number of hydrogen-bond donors (Lipinski definition) is 1. The molecule has 34 heavy (non-hydrogen) atoms. The predicted molar refractivity (Wildman–Crippen MR) is 148 cm³/mol. The fourth-order valence-electron chi connectivity index (χ4n) is 2.60. The highest BCUT2D eigenvalue weighted by Gasteiger charge is 2.19. The van der Waals surface area contributed by atoms with Gasteiger partial charge < -0.3 is 0 Å². The van der Waals surface area contributed by atoms with E-state index in [1.165, 1.54) is 0 Å². The van der Waals surface area contributed by atoms with Gasteiger partial charge in [-0.05, 0) is 38.1 Å². The molecule has 0 fully saturated rings. The second-order valence-corrected chi connectivity index (χ2v) is 7.85. The Bertz CT molecular complexity index is 1040. The summed E-state index contributed by atoms with van der Waals surface area (Å²) in [7, 11) is -3.78. The topological polar surface area (TPSA) is 63.2 Å². The van der Waals surface area contributed by atoms with Crippen molar-refractivity contribution < 1.29 is 13.2 Å². The molecular weight excluding hydrogens is 442 g/mol. The lowest BCUT2D eigenvalue weighted by Crippen LogP contribution is -2.16. The van der Waals surface area contributed by atoms with Crippen molar-refractivity contribution in [3.05, 3.63) is 95.1 Å². The SMILES string of the molecule is CC.CC.CC.CC.Cc1ccc(S(=O)(=O)Nc2ccc(C)cc2C(=O)c2ccccc2)cc1. The van der Waals surface area contributed by atoms with Gasteiger partial charge in [-0.15, -0.1) is 0 Å². The summed E-state index contributed by atoms with van der Waals surface area (Å²) in [5, 5.41) is 0. The largest absolute Gasteiger partial charge is 0.289 e. The van der Waals surface area contributed by atoms with E-state index >= 15 is 0 Å². The van der Waals surface area contributed by atoms with Crippen LogP contribution in [0.1, 0.15) is 82.4 Å². The molecule has 0 bridgehead atoms. The zero-order valence-corrected chi connectivity index (χ0v) is 23.4. The zero-order valence-electron chi connectivity index (χ0n) is 22.6. The maximum atomic E-state index is 12.9. The summed E-state index contributed by atoms with van der Waals surface area (Å²) >= 11 is 0. The van der Waals surface area contributed by atoms with E-state index in [2.05, 4.69) is 4.72 Å². The number of anilines is 1. The molecule has 0 spiro atoms. The van der Waals surface area contributed by atoms with Crippen molar-refractivity contribution in [1.29, 1.82) is 0 Å². The van der Waals surface area contributed by atoms with E-state index in [1.807, 2.05) is 75.3 Å². The van der Waals surface area contributed by atoms with Gasteiger partial charge >= 0.3 is 0 Å². The van der Waals surface area contributed by atoms with E-state index in [9.17, 15) is 13.2 Å². The van der Waals surface area contributed by atoms with Crippen molar-refractivity contribution in [3.8, 4) is 0 Å². The van der Waals surface area contributed by atoms with Crippen LogP contribution < -0.4 is 4.72 Å². The standard InChI is InChI=1S/C21H19NO3S.4C2H6/c1-15-8-11-18(12-9-15)26(24,25)22-20-13-10-16(2)14-19(20)21(23)17-6-4-3-5-7-17;4*1-2/h3-14,22H,1-2H3;4*1-2H3. The van der Waals surface area contributed by atoms with Crippen LogP contribution in [-0.2, 0) is 10.0 Å². The van der Waals surface area contributed by atoms with Gasteiger partial charge in [-0.2, -0.15) is 0 Å². The van der Waals surface area contributed by atoms with Gasteiger partial charge in [0.25, 0.3) is 10.0 Å².